The van der Waals surface area contributed by atoms with E-state index in [4.69, 9.17) is 20.4 Å². The Morgan fingerprint density at radius 1 is 1.11 bits per heavy atom. The molecule has 0 aromatic carbocycles. The number of aliphatic hydroxyl groups excluding tert-OH is 1. The molecule has 0 unspecified atom stereocenters. The number of pyridine rings is 2. The zero-order chi connectivity index (χ0) is 25.0. The number of aromatic nitrogens is 4. The second-order valence-corrected chi connectivity index (χ2v) is 11.6. The zero-order valence-corrected chi connectivity index (χ0v) is 21.5. The largest absolute Gasteiger partial charge is 0.486 e. The molecule has 2 saturated heterocycles. The summed E-state index contributed by atoms with van der Waals surface area (Å²) in [5, 5.41) is 10.9. The lowest BCUT2D eigenvalue weighted by atomic mass is 9.73. The van der Waals surface area contributed by atoms with Gasteiger partial charge in [0.1, 0.15) is 17.3 Å². The quantitative estimate of drug-likeness (QED) is 0.535. The smallest absolute Gasteiger partial charge is 0.175 e. The number of piperidine rings is 1. The number of hydrogen-bond acceptors (Lipinski definition) is 10. The normalized spacial score (nSPS) is 23.5. The third kappa shape index (κ3) is 3.84. The fraction of sp³-hybridized carbons (Fsp3) is 0.481. The maximum absolute atomic E-state index is 10.2. The van der Waals surface area contributed by atoms with Gasteiger partial charge in [0.15, 0.2) is 17.4 Å². The third-order valence-electron chi connectivity index (χ3n) is 8.58. The molecule has 0 radical (unpaired) electrons. The average molecular weight is 518 g/mol. The summed E-state index contributed by atoms with van der Waals surface area (Å²) >= 11 is 1.51. The van der Waals surface area contributed by atoms with Crippen molar-refractivity contribution in [1.29, 1.82) is 0 Å². The zero-order valence-electron chi connectivity index (χ0n) is 20.7. The van der Waals surface area contributed by atoms with E-state index >= 15 is 0 Å². The van der Waals surface area contributed by atoms with Crippen LogP contribution in [0.3, 0.4) is 0 Å². The highest BCUT2D eigenvalue weighted by Gasteiger charge is 2.47. The van der Waals surface area contributed by atoms with Crippen LogP contribution < -0.4 is 20.3 Å². The minimum absolute atomic E-state index is 0.0184. The number of hydrogen-bond donors (Lipinski definition) is 2. The molecule has 2 atom stereocenters. The highest BCUT2D eigenvalue weighted by molar-refractivity contribution is 7.99. The van der Waals surface area contributed by atoms with Gasteiger partial charge in [-0.25, -0.2) is 15.0 Å². The second kappa shape index (κ2) is 9.11. The number of nitrogens with two attached hydrogens (primary N) is 1. The van der Waals surface area contributed by atoms with Gasteiger partial charge in [0.25, 0.3) is 0 Å². The average Bonchev–Trinajstić information content (AvgIpc) is 3.53. The summed E-state index contributed by atoms with van der Waals surface area (Å²) in [6, 6.07) is 6.51. The van der Waals surface area contributed by atoms with Crippen molar-refractivity contribution in [2.24, 2.45) is 11.1 Å². The highest BCUT2D eigenvalue weighted by Crippen LogP contribution is 2.50. The van der Waals surface area contributed by atoms with E-state index in [1.807, 2.05) is 24.5 Å². The van der Waals surface area contributed by atoms with Crippen molar-refractivity contribution in [2.75, 3.05) is 36.0 Å². The van der Waals surface area contributed by atoms with E-state index in [2.05, 4.69) is 25.8 Å². The van der Waals surface area contributed by atoms with Crippen LogP contribution in [0.4, 0.5) is 11.6 Å². The van der Waals surface area contributed by atoms with Crippen molar-refractivity contribution in [3.8, 4) is 5.75 Å². The Kier molecular flexibility index (Phi) is 5.71. The van der Waals surface area contributed by atoms with Gasteiger partial charge in [-0.2, -0.15) is 0 Å². The van der Waals surface area contributed by atoms with Gasteiger partial charge in [0.05, 0.1) is 23.7 Å². The lowest BCUT2D eigenvalue weighted by Crippen LogP contribution is -2.45. The maximum atomic E-state index is 10.2. The molecule has 4 aliphatic rings. The van der Waals surface area contributed by atoms with Crippen LogP contribution in [0, 0.1) is 5.41 Å². The van der Waals surface area contributed by atoms with E-state index in [-0.39, 0.29) is 18.1 Å². The molecule has 3 aromatic heterocycles. The Labute approximate surface area is 220 Å². The molecule has 0 saturated carbocycles. The van der Waals surface area contributed by atoms with Crippen molar-refractivity contribution in [3.05, 3.63) is 53.7 Å². The Morgan fingerprint density at radius 2 is 2.00 bits per heavy atom. The number of fused-ring (bicyclic) bond motifs is 4. The van der Waals surface area contributed by atoms with E-state index in [0.717, 1.165) is 78.3 Å². The Hall–Kier alpha value is -2.95. The summed E-state index contributed by atoms with van der Waals surface area (Å²) in [5.74, 6) is 2.51. The number of rotatable bonds is 4. The standard InChI is InChI=1S/C27H31N7O2S/c28-24-18-4-1-8-29-19(18)13-27(24)6-11-33(12-7-27)25-20(15-35)32-22(14-31-25)37-21-5-9-30-26-23(21)36-16-17-3-2-10-34(17)26/h1,4-5,8-9,14,17,24,35H,2-3,6-7,10-13,15-16,28H2/t17-,24+/m0/s1. The Morgan fingerprint density at radius 3 is 2.84 bits per heavy atom. The molecule has 3 aromatic rings. The van der Waals surface area contributed by atoms with Crippen LogP contribution in [0.2, 0.25) is 0 Å². The van der Waals surface area contributed by atoms with Crippen LogP contribution in [0.15, 0.2) is 46.7 Å². The molecule has 192 valence electrons. The van der Waals surface area contributed by atoms with Crippen molar-refractivity contribution in [2.45, 2.75) is 60.7 Å². The first-order chi connectivity index (χ1) is 18.1. The topological polar surface area (TPSA) is 114 Å². The van der Waals surface area contributed by atoms with Crippen LogP contribution in [-0.2, 0) is 13.0 Å². The second-order valence-electron chi connectivity index (χ2n) is 10.5. The first-order valence-corrected chi connectivity index (χ1v) is 13.9. The molecule has 1 spiro atoms. The highest BCUT2D eigenvalue weighted by atomic mass is 32.2. The van der Waals surface area contributed by atoms with Crippen LogP contribution in [0.25, 0.3) is 0 Å². The van der Waals surface area contributed by atoms with Crippen molar-refractivity contribution < 1.29 is 9.84 Å². The predicted molar refractivity (Wildman–Crippen MR) is 141 cm³/mol. The van der Waals surface area contributed by atoms with E-state index in [0.29, 0.717) is 18.3 Å². The van der Waals surface area contributed by atoms with Crippen molar-refractivity contribution in [1.82, 2.24) is 19.9 Å². The van der Waals surface area contributed by atoms with E-state index in [1.165, 1.54) is 23.7 Å². The van der Waals surface area contributed by atoms with Crippen molar-refractivity contribution in [3.63, 3.8) is 0 Å². The van der Waals surface area contributed by atoms with E-state index in [9.17, 15) is 5.11 Å². The van der Waals surface area contributed by atoms with Gasteiger partial charge in [-0.15, -0.1) is 0 Å². The summed E-state index contributed by atoms with van der Waals surface area (Å²) in [4.78, 5) is 24.4. The molecular weight excluding hydrogens is 486 g/mol. The van der Waals surface area contributed by atoms with Crippen LogP contribution in [0.5, 0.6) is 5.75 Å². The molecule has 10 heteroatoms. The minimum Gasteiger partial charge on any atom is -0.486 e. The molecule has 6 heterocycles. The monoisotopic (exact) mass is 517 g/mol. The number of ether oxygens (including phenoxy) is 1. The number of anilines is 2. The molecule has 2 fully saturated rings. The summed E-state index contributed by atoms with van der Waals surface area (Å²) in [6.07, 6.45) is 10.7. The number of aliphatic hydroxyl groups is 1. The van der Waals surface area contributed by atoms with Crippen LogP contribution in [-0.4, -0.2) is 57.3 Å². The molecule has 0 amide bonds. The number of nitrogens with zero attached hydrogens (tertiary/aromatic N) is 6. The molecule has 9 nitrogen and oxygen atoms in total. The predicted octanol–water partition coefficient (Wildman–Crippen LogP) is 3.11. The SMILES string of the molecule is N[C@@H]1c2cccnc2CC12CCN(c1ncc(Sc3ccnc4c3OC[C@@H]3CCCN43)nc1CO)CC2. The fourth-order valence-electron chi connectivity index (χ4n) is 6.55. The van der Waals surface area contributed by atoms with Gasteiger partial charge in [-0.3, -0.25) is 4.98 Å². The summed E-state index contributed by atoms with van der Waals surface area (Å²) < 4.78 is 6.15. The molecule has 3 N–H and O–H groups in total. The minimum atomic E-state index is -0.159. The maximum Gasteiger partial charge on any atom is 0.175 e. The first kappa shape index (κ1) is 23.2. The van der Waals surface area contributed by atoms with E-state index in [1.54, 1.807) is 6.20 Å². The molecular formula is C27H31N7O2S. The third-order valence-corrected chi connectivity index (χ3v) is 9.53. The van der Waals surface area contributed by atoms with E-state index < -0.39 is 0 Å². The lowest BCUT2D eigenvalue weighted by molar-refractivity contribution is 0.186. The summed E-state index contributed by atoms with van der Waals surface area (Å²) in [6.45, 7) is 3.22. The summed E-state index contributed by atoms with van der Waals surface area (Å²) in [7, 11) is 0. The molecule has 3 aliphatic heterocycles. The van der Waals surface area contributed by atoms with Gasteiger partial charge < -0.3 is 25.4 Å². The van der Waals surface area contributed by atoms with Gasteiger partial charge in [0, 0.05) is 43.8 Å². The molecule has 7 rings (SSSR count). The van der Waals surface area contributed by atoms with Crippen molar-refractivity contribution >= 4 is 23.4 Å². The van der Waals surface area contributed by atoms with Gasteiger partial charge in [-0.05, 0) is 55.2 Å². The molecule has 1 aliphatic carbocycles. The van der Waals surface area contributed by atoms with Gasteiger partial charge in [0.2, 0.25) is 0 Å². The fourth-order valence-corrected chi connectivity index (χ4v) is 7.41. The van der Waals surface area contributed by atoms with Crippen LogP contribution in [0.1, 0.15) is 48.7 Å². The van der Waals surface area contributed by atoms with Gasteiger partial charge >= 0.3 is 0 Å². The lowest BCUT2D eigenvalue weighted by Gasteiger charge is -2.42. The Bertz CT molecular complexity index is 1330. The Balaban J connectivity index is 1.09. The van der Waals surface area contributed by atoms with Crippen LogP contribution >= 0.6 is 11.8 Å². The first-order valence-electron chi connectivity index (χ1n) is 13.1. The molecule has 37 heavy (non-hydrogen) atoms. The summed E-state index contributed by atoms with van der Waals surface area (Å²) in [5.41, 5.74) is 9.70. The molecule has 0 bridgehead atoms. The van der Waals surface area contributed by atoms with Gasteiger partial charge in [-0.1, -0.05) is 17.8 Å².